The Kier molecular flexibility index (Phi) is 5.13. The largest absolute Gasteiger partial charge is 0.349 e. The van der Waals surface area contributed by atoms with E-state index >= 15 is 0 Å². The minimum absolute atomic E-state index is 0.0931. The summed E-state index contributed by atoms with van der Waals surface area (Å²) in [5.74, 6) is -0.0931. The quantitative estimate of drug-likeness (QED) is 0.652. The lowest BCUT2D eigenvalue weighted by Gasteiger charge is -2.11. The van der Waals surface area contributed by atoms with Crippen LogP contribution in [0.2, 0.25) is 0 Å². The number of nitrogens with zero attached hydrogens (tertiary/aromatic N) is 5. The molecular weight excluding hydrogens is 338 g/mol. The van der Waals surface area contributed by atoms with Crippen molar-refractivity contribution in [3.63, 3.8) is 0 Å². The Balaban J connectivity index is 1.64. The first-order valence-corrected chi connectivity index (χ1v) is 8.71. The Hall–Kier alpha value is -2.68. The molecule has 1 aromatic carbocycles. The van der Waals surface area contributed by atoms with E-state index < -0.39 is 0 Å². The van der Waals surface area contributed by atoms with Gasteiger partial charge in [-0.05, 0) is 55.0 Å². The summed E-state index contributed by atoms with van der Waals surface area (Å²) in [6.45, 7) is 6.14. The Morgan fingerprint density at radius 3 is 2.92 bits per heavy atom. The number of carbonyl (C=O) groups excluding carboxylic acids is 1. The normalized spacial score (nSPS) is 12.1. The summed E-state index contributed by atoms with van der Waals surface area (Å²) in [6, 6.07) is 9.77. The molecule has 0 aliphatic carbocycles. The third-order valence-electron chi connectivity index (χ3n) is 3.54. The number of amides is 1. The van der Waals surface area contributed by atoms with Crippen LogP contribution in [-0.4, -0.2) is 41.6 Å². The van der Waals surface area contributed by atoms with Gasteiger partial charge >= 0.3 is 0 Å². The summed E-state index contributed by atoms with van der Waals surface area (Å²) >= 11 is 1.31. The highest BCUT2D eigenvalue weighted by atomic mass is 32.2. The Morgan fingerprint density at radius 2 is 2.20 bits per heavy atom. The lowest BCUT2D eigenvalue weighted by molar-refractivity contribution is -0.120. The number of hydrogen-bond acceptors (Lipinski definition) is 6. The second kappa shape index (κ2) is 7.47. The zero-order chi connectivity index (χ0) is 17.8. The zero-order valence-corrected chi connectivity index (χ0v) is 15.0. The number of aromatic nitrogens is 6. The van der Waals surface area contributed by atoms with Crippen LogP contribution in [0.4, 0.5) is 0 Å². The number of aryl methyl sites for hydroxylation is 2. The zero-order valence-electron chi connectivity index (χ0n) is 14.2. The van der Waals surface area contributed by atoms with Crippen LogP contribution >= 0.6 is 11.8 Å². The highest BCUT2D eigenvalue weighted by molar-refractivity contribution is 8.00. The van der Waals surface area contributed by atoms with E-state index in [1.165, 1.54) is 11.8 Å². The van der Waals surface area contributed by atoms with Crippen molar-refractivity contribution in [1.82, 2.24) is 35.7 Å². The van der Waals surface area contributed by atoms with Crippen molar-refractivity contribution in [2.45, 2.75) is 37.7 Å². The number of nitrogens with one attached hydrogen (secondary N) is 2. The summed E-state index contributed by atoms with van der Waals surface area (Å²) in [6.07, 6.45) is 0. The van der Waals surface area contributed by atoms with E-state index in [1.807, 2.05) is 51.1 Å². The summed E-state index contributed by atoms with van der Waals surface area (Å²) in [5.41, 5.74) is 3.74. The highest BCUT2D eigenvalue weighted by Crippen LogP contribution is 2.23. The van der Waals surface area contributed by atoms with Crippen LogP contribution in [-0.2, 0) is 11.3 Å². The van der Waals surface area contributed by atoms with Crippen LogP contribution in [0.15, 0.2) is 35.5 Å². The molecule has 0 bridgehead atoms. The summed E-state index contributed by atoms with van der Waals surface area (Å²) in [5, 5.41) is 21.9. The van der Waals surface area contributed by atoms with Crippen molar-refractivity contribution in [2.24, 2.45) is 0 Å². The molecule has 0 unspecified atom stereocenters. The van der Waals surface area contributed by atoms with Crippen LogP contribution in [0.25, 0.3) is 5.69 Å². The fraction of sp³-hybridized carbons (Fsp3) is 0.312. The second-order valence-electron chi connectivity index (χ2n) is 5.73. The third-order valence-corrected chi connectivity index (χ3v) is 4.57. The minimum Gasteiger partial charge on any atom is -0.349 e. The Labute approximate surface area is 149 Å². The maximum atomic E-state index is 12.3. The number of carbonyl (C=O) groups is 1. The van der Waals surface area contributed by atoms with Gasteiger partial charge in [0.2, 0.25) is 11.1 Å². The number of H-pyrrole nitrogens is 1. The van der Waals surface area contributed by atoms with Gasteiger partial charge in [0.25, 0.3) is 0 Å². The van der Waals surface area contributed by atoms with E-state index in [-0.39, 0.29) is 11.2 Å². The molecule has 0 fully saturated rings. The predicted molar refractivity (Wildman–Crippen MR) is 94.4 cm³/mol. The number of rotatable bonds is 6. The standard InChI is InChI=1S/C16H19N7OS/c1-10-5-4-6-14(7-10)23-16(20-21-22-23)25-12(3)15(24)17-9-13-8-11(2)18-19-13/h4-8,12H,9H2,1-3H3,(H,17,24)(H,18,19)/t12-/m0/s1. The number of benzene rings is 1. The molecule has 0 aliphatic heterocycles. The molecule has 0 radical (unpaired) electrons. The molecule has 2 heterocycles. The van der Waals surface area contributed by atoms with Crippen molar-refractivity contribution in [2.75, 3.05) is 0 Å². The van der Waals surface area contributed by atoms with Crippen molar-refractivity contribution < 1.29 is 4.79 Å². The molecule has 2 aromatic heterocycles. The Morgan fingerprint density at radius 1 is 1.36 bits per heavy atom. The Bertz CT molecular complexity index is 873. The molecule has 9 heteroatoms. The van der Waals surface area contributed by atoms with Crippen LogP contribution in [0.5, 0.6) is 0 Å². The molecule has 3 rings (SSSR count). The van der Waals surface area contributed by atoms with Crippen molar-refractivity contribution >= 4 is 17.7 Å². The van der Waals surface area contributed by atoms with Gasteiger partial charge < -0.3 is 5.32 Å². The molecule has 0 spiro atoms. The van der Waals surface area contributed by atoms with Gasteiger partial charge in [0.1, 0.15) is 0 Å². The van der Waals surface area contributed by atoms with Gasteiger partial charge in [-0.1, -0.05) is 23.9 Å². The van der Waals surface area contributed by atoms with Gasteiger partial charge in [0, 0.05) is 5.69 Å². The van der Waals surface area contributed by atoms with E-state index in [2.05, 4.69) is 31.0 Å². The molecule has 25 heavy (non-hydrogen) atoms. The maximum Gasteiger partial charge on any atom is 0.233 e. The molecule has 0 saturated carbocycles. The molecule has 1 atom stereocenters. The number of aromatic amines is 1. The summed E-state index contributed by atoms with van der Waals surface area (Å²) in [4.78, 5) is 12.3. The van der Waals surface area contributed by atoms with Crippen LogP contribution in [0.3, 0.4) is 0 Å². The van der Waals surface area contributed by atoms with Gasteiger partial charge in [0.05, 0.1) is 23.2 Å². The molecule has 130 valence electrons. The lowest BCUT2D eigenvalue weighted by Crippen LogP contribution is -2.30. The molecule has 1 amide bonds. The van der Waals surface area contributed by atoms with Gasteiger partial charge in [-0.15, -0.1) is 5.10 Å². The van der Waals surface area contributed by atoms with Crippen LogP contribution in [0, 0.1) is 13.8 Å². The molecule has 8 nitrogen and oxygen atoms in total. The predicted octanol–water partition coefficient (Wildman–Crippen LogP) is 1.80. The summed E-state index contributed by atoms with van der Waals surface area (Å²) in [7, 11) is 0. The molecule has 3 aromatic rings. The first kappa shape index (κ1) is 17.2. The molecule has 2 N–H and O–H groups in total. The monoisotopic (exact) mass is 357 g/mol. The number of tetrazole rings is 1. The maximum absolute atomic E-state index is 12.3. The van der Waals surface area contributed by atoms with E-state index in [9.17, 15) is 4.79 Å². The average molecular weight is 357 g/mol. The first-order chi connectivity index (χ1) is 12.0. The van der Waals surface area contributed by atoms with E-state index in [0.29, 0.717) is 11.7 Å². The molecular formula is C16H19N7OS. The van der Waals surface area contributed by atoms with Gasteiger partial charge in [0.15, 0.2) is 0 Å². The van der Waals surface area contributed by atoms with E-state index in [4.69, 9.17) is 0 Å². The van der Waals surface area contributed by atoms with Crippen LogP contribution in [0.1, 0.15) is 23.9 Å². The van der Waals surface area contributed by atoms with Gasteiger partial charge in [-0.2, -0.15) is 9.78 Å². The van der Waals surface area contributed by atoms with Crippen molar-refractivity contribution in [3.8, 4) is 5.69 Å². The van der Waals surface area contributed by atoms with Gasteiger partial charge in [-0.3, -0.25) is 9.89 Å². The molecule has 0 saturated heterocycles. The number of thioether (sulfide) groups is 1. The molecule has 0 aliphatic rings. The fourth-order valence-corrected chi connectivity index (χ4v) is 3.10. The number of hydrogen-bond donors (Lipinski definition) is 2. The van der Waals surface area contributed by atoms with E-state index in [1.54, 1.807) is 4.68 Å². The smallest absolute Gasteiger partial charge is 0.233 e. The SMILES string of the molecule is Cc1cccc(-n2nnnc2S[C@@H](C)C(=O)NCc2cc(C)[nH]n2)c1. The van der Waals surface area contributed by atoms with E-state index in [0.717, 1.165) is 22.6 Å². The minimum atomic E-state index is -0.338. The van der Waals surface area contributed by atoms with Crippen molar-refractivity contribution in [1.29, 1.82) is 0 Å². The first-order valence-electron chi connectivity index (χ1n) is 7.83. The average Bonchev–Trinajstić information content (AvgIpc) is 3.21. The second-order valence-corrected chi connectivity index (χ2v) is 7.04. The fourth-order valence-electron chi connectivity index (χ4n) is 2.27. The highest BCUT2D eigenvalue weighted by Gasteiger charge is 2.19. The lowest BCUT2D eigenvalue weighted by atomic mass is 10.2. The third kappa shape index (κ3) is 4.24. The van der Waals surface area contributed by atoms with Crippen LogP contribution < -0.4 is 5.32 Å². The summed E-state index contributed by atoms with van der Waals surface area (Å²) < 4.78 is 1.64. The van der Waals surface area contributed by atoms with Gasteiger partial charge in [-0.25, -0.2) is 0 Å². The topological polar surface area (TPSA) is 101 Å². The van der Waals surface area contributed by atoms with Crippen molar-refractivity contribution in [3.05, 3.63) is 47.3 Å².